The van der Waals surface area contributed by atoms with Crippen LogP contribution in [0.2, 0.25) is 0 Å². The second-order valence-corrected chi connectivity index (χ2v) is 5.54. The molecule has 0 aromatic heterocycles. The van der Waals surface area contributed by atoms with Gasteiger partial charge in [-0.3, -0.25) is 9.59 Å². The molecule has 2 amide bonds. The number of halogens is 1. The number of hydrogen-bond donors (Lipinski definition) is 2. The van der Waals surface area contributed by atoms with Gasteiger partial charge in [-0.05, 0) is 26.2 Å². The third-order valence-electron chi connectivity index (χ3n) is 3.98. The Bertz CT molecular complexity index is 367. The lowest BCUT2D eigenvalue weighted by Gasteiger charge is -2.32. The monoisotopic (exact) mass is 319 g/mol. The number of likely N-dealkylation sites (tertiary alicyclic amines) is 1. The molecule has 2 aliphatic rings. The molecule has 1 saturated carbocycles. The molecule has 0 bridgehead atoms. The highest BCUT2D eigenvalue weighted by molar-refractivity contribution is 5.85. The van der Waals surface area contributed by atoms with Crippen LogP contribution in [0.25, 0.3) is 0 Å². The molecule has 3 atom stereocenters. The number of amides is 2. The standard InChI is InChI=1S/C14H25N3O3.ClH/c1-2-20-12-8-11(12)14(19)17-7-3-4-10(9-17)13(18)16-6-5-15;/h10-12H,2-9,15H2,1H3,(H,16,18);1H. The number of nitrogens with zero attached hydrogens (tertiary/aromatic N) is 1. The Balaban J connectivity index is 0.00000220. The Labute approximate surface area is 132 Å². The highest BCUT2D eigenvalue weighted by atomic mass is 35.5. The summed E-state index contributed by atoms with van der Waals surface area (Å²) in [4.78, 5) is 26.1. The van der Waals surface area contributed by atoms with Gasteiger partial charge in [0.2, 0.25) is 11.8 Å². The predicted octanol–water partition coefficient (Wildman–Crippen LogP) is 0.147. The molecular formula is C14H26ClN3O3. The van der Waals surface area contributed by atoms with Crippen molar-refractivity contribution in [1.29, 1.82) is 0 Å². The van der Waals surface area contributed by atoms with Gasteiger partial charge in [-0.1, -0.05) is 0 Å². The van der Waals surface area contributed by atoms with E-state index in [1.165, 1.54) is 0 Å². The van der Waals surface area contributed by atoms with Crippen molar-refractivity contribution >= 4 is 24.2 Å². The molecule has 0 radical (unpaired) electrons. The Hall–Kier alpha value is -0.850. The average Bonchev–Trinajstić information content (AvgIpc) is 3.24. The molecule has 0 aromatic rings. The van der Waals surface area contributed by atoms with Crippen LogP contribution < -0.4 is 11.1 Å². The number of piperidine rings is 1. The third-order valence-corrected chi connectivity index (χ3v) is 3.98. The summed E-state index contributed by atoms with van der Waals surface area (Å²) in [6.07, 6.45) is 2.66. The van der Waals surface area contributed by atoms with Crippen molar-refractivity contribution in [1.82, 2.24) is 10.2 Å². The predicted molar refractivity (Wildman–Crippen MR) is 82.1 cm³/mol. The van der Waals surface area contributed by atoms with E-state index in [-0.39, 0.29) is 42.2 Å². The summed E-state index contributed by atoms with van der Waals surface area (Å²) in [5.41, 5.74) is 5.38. The maximum atomic E-state index is 12.3. The Morgan fingerprint density at radius 1 is 1.43 bits per heavy atom. The lowest BCUT2D eigenvalue weighted by atomic mass is 9.96. The molecule has 2 fully saturated rings. The van der Waals surface area contributed by atoms with Crippen molar-refractivity contribution in [2.75, 3.05) is 32.8 Å². The first-order chi connectivity index (χ1) is 9.67. The van der Waals surface area contributed by atoms with E-state index < -0.39 is 0 Å². The van der Waals surface area contributed by atoms with Gasteiger partial charge >= 0.3 is 0 Å². The molecule has 1 saturated heterocycles. The Kier molecular flexibility index (Phi) is 7.42. The van der Waals surface area contributed by atoms with Gasteiger partial charge in [-0.15, -0.1) is 12.4 Å². The summed E-state index contributed by atoms with van der Waals surface area (Å²) >= 11 is 0. The molecule has 6 nitrogen and oxygen atoms in total. The summed E-state index contributed by atoms with van der Waals surface area (Å²) < 4.78 is 5.46. The zero-order chi connectivity index (χ0) is 14.5. The minimum atomic E-state index is -0.0939. The van der Waals surface area contributed by atoms with Gasteiger partial charge in [0.05, 0.1) is 17.9 Å². The van der Waals surface area contributed by atoms with E-state index in [0.29, 0.717) is 26.2 Å². The fourth-order valence-electron chi connectivity index (χ4n) is 2.80. The van der Waals surface area contributed by atoms with Crippen molar-refractivity contribution in [3.8, 4) is 0 Å². The van der Waals surface area contributed by atoms with Gasteiger partial charge in [0.1, 0.15) is 0 Å². The maximum Gasteiger partial charge on any atom is 0.228 e. The van der Waals surface area contributed by atoms with Gasteiger partial charge < -0.3 is 20.7 Å². The van der Waals surface area contributed by atoms with Gasteiger partial charge in [-0.25, -0.2) is 0 Å². The van der Waals surface area contributed by atoms with E-state index in [2.05, 4.69) is 5.32 Å². The first-order valence-corrected chi connectivity index (χ1v) is 7.55. The number of carbonyl (C=O) groups excluding carboxylic acids is 2. The van der Waals surface area contributed by atoms with E-state index >= 15 is 0 Å². The van der Waals surface area contributed by atoms with E-state index in [1.807, 2.05) is 11.8 Å². The molecule has 3 N–H and O–H groups in total. The summed E-state index contributed by atoms with van der Waals surface area (Å²) in [7, 11) is 0. The van der Waals surface area contributed by atoms with Crippen LogP contribution in [0.3, 0.4) is 0 Å². The van der Waals surface area contributed by atoms with Crippen LogP contribution in [0, 0.1) is 11.8 Å². The highest BCUT2D eigenvalue weighted by Gasteiger charge is 2.46. The smallest absolute Gasteiger partial charge is 0.228 e. The molecule has 21 heavy (non-hydrogen) atoms. The van der Waals surface area contributed by atoms with Crippen LogP contribution in [0.4, 0.5) is 0 Å². The highest BCUT2D eigenvalue weighted by Crippen LogP contribution is 2.36. The second kappa shape index (κ2) is 8.56. The first-order valence-electron chi connectivity index (χ1n) is 7.55. The molecule has 2 rings (SSSR count). The average molecular weight is 320 g/mol. The topological polar surface area (TPSA) is 84.7 Å². The van der Waals surface area contributed by atoms with Crippen LogP contribution in [-0.4, -0.2) is 55.6 Å². The van der Waals surface area contributed by atoms with E-state index in [1.54, 1.807) is 0 Å². The number of nitrogens with two attached hydrogens (primary N) is 1. The molecule has 3 unspecified atom stereocenters. The Morgan fingerprint density at radius 3 is 2.86 bits per heavy atom. The maximum absolute atomic E-state index is 12.3. The molecular weight excluding hydrogens is 294 g/mol. The normalized spacial score (nSPS) is 27.7. The van der Waals surface area contributed by atoms with Crippen molar-refractivity contribution in [2.24, 2.45) is 17.6 Å². The number of nitrogens with one attached hydrogen (secondary N) is 1. The number of ether oxygens (including phenoxy) is 1. The van der Waals surface area contributed by atoms with Crippen LogP contribution in [0.15, 0.2) is 0 Å². The van der Waals surface area contributed by atoms with Crippen molar-refractivity contribution in [3.05, 3.63) is 0 Å². The first kappa shape index (κ1) is 18.2. The third kappa shape index (κ3) is 4.83. The number of rotatable bonds is 6. The summed E-state index contributed by atoms with van der Waals surface area (Å²) in [6.45, 7) is 4.83. The van der Waals surface area contributed by atoms with E-state index in [0.717, 1.165) is 25.8 Å². The van der Waals surface area contributed by atoms with Crippen LogP contribution >= 0.6 is 12.4 Å². The minimum Gasteiger partial charge on any atom is -0.378 e. The SMILES string of the molecule is CCOC1CC1C(=O)N1CCCC(C(=O)NCCN)C1.Cl. The zero-order valence-corrected chi connectivity index (χ0v) is 13.4. The number of hydrogen-bond acceptors (Lipinski definition) is 4. The van der Waals surface area contributed by atoms with Gasteiger partial charge in [0.25, 0.3) is 0 Å². The lowest BCUT2D eigenvalue weighted by Crippen LogP contribution is -2.46. The van der Waals surface area contributed by atoms with Crippen LogP contribution in [0.1, 0.15) is 26.2 Å². The molecule has 1 aliphatic heterocycles. The van der Waals surface area contributed by atoms with Gasteiger partial charge in [0.15, 0.2) is 0 Å². The summed E-state index contributed by atoms with van der Waals surface area (Å²) in [5, 5.41) is 2.81. The quantitative estimate of drug-likeness (QED) is 0.729. The molecule has 0 aromatic carbocycles. The largest absolute Gasteiger partial charge is 0.378 e. The van der Waals surface area contributed by atoms with Crippen molar-refractivity contribution < 1.29 is 14.3 Å². The van der Waals surface area contributed by atoms with Crippen molar-refractivity contribution in [3.63, 3.8) is 0 Å². The minimum absolute atomic E-state index is 0. The fourth-order valence-corrected chi connectivity index (χ4v) is 2.80. The number of carbonyl (C=O) groups is 2. The molecule has 122 valence electrons. The Morgan fingerprint density at radius 2 is 2.19 bits per heavy atom. The molecule has 0 spiro atoms. The van der Waals surface area contributed by atoms with E-state index in [4.69, 9.17) is 10.5 Å². The fraction of sp³-hybridized carbons (Fsp3) is 0.857. The lowest BCUT2D eigenvalue weighted by molar-refractivity contribution is -0.137. The van der Waals surface area contributed by atoms with E-state index in [9.17, 15) is 9.59 Å². The van der Waals surface area contributed by atoms with Gasteiger partial charge in [0, 0.05) is 32.8 Å². The second-order valence-electron chi connectivity index (χ2n) is 5.54. The zero-order valence-electron chi connectivity index (χ0n) is 12.5. The molecule has 7 heteroatoms. The molecule has 1 aliphatic carbocycles. The van der Waals surface area contributed by atoms with Crippen LogP contribution in [0.5, 0.6) is 0 Å². The van der Waals surface area contributed by atoms with Crippen LogP contribution in [-0.2, 0) is 14.3 Å². The molecule has 1 heterocycles. The van der Waals surface area contributed by atoms with Crippen molar-refractivity contribution in [2.45, 2.75) is 32.3 Å². The summed E-state index contributed by atoms with van der Waals surface area (Å²) in [6, 6.07) is 0. The summed E-state index contributed by atoms with van der Waals surface area (Å²) in [5.74, 6) is 0.0919. The van der Waals surface area contributed by atoms with Gasteiger partial charge in [-0.2, -0.15) is 0 Å².